The van der Waals surface area contributed by atoms with Crippen LogP contribution in [0, 0.1) is 45.6 Å². The van der Waals surface area contributed by atoms with Crippen molar-refractivity contribution in [1.82, 2.24) is 0 Å². The van der Waals surface area contributed by atoms with Gasteiger partial charge in [-0.25, -0.2) is 4.85 Å². The summed E-state index contributed by atoms with van der Waals surface area (Å²) in [6.07, 6.45) is 0. The van der Waals surface area contributed by atoms with Crippen LogP contribution in [0.5, 0.6) is 0 Å². The smallest absolute Gasteiger partial charge is 0.187 e. The topological polar surface area (TPSA) is 34.6 Å². The molecule has 2 heterocycles. The molecule has 6 heteroatoms. The average Bonchev–Trinajstić information content (AvgIpc) is 3.92. The van der Waals surface area contributed by atoms with Crippen molar-refractivity contribution in [2.75, 3.05) is 9.80 Å². The molecule has 1 spiro atoms. The second-order valence-corrected chi connectivity index (χ2v) is 25.9. The first-order valence-corrected chi connectivity index (χ1v) is 28.8. The molecular formula is C67H50N4SSi. The largest absolute Gasteiger partial charge is 0.311 e. The first-order valence-electron chi connectivity index (χ1n) is 25.0. The summed E-state index contributed by atoms with van der Waals surface area (Å²) >= 11 is 1.87. The van der Waals surface area contributed by atoms with Gasteiger partial charge in [0.1, 0.15) is 8.07 Å². The maximum absolute atomic E-state index is 9.79. The molecule has 0 saturated heterocycles. The van der Waals surface area contributed by atoms with Crippen molar-refractivity contribution >= 4 is 101 Å². The van der Waals surface area contributed by atoms with E-state index in [1.165, 1.54) is 91.6 Å². The Morgan fingerprint density at radius 2 is 1.01 bits per heavy atom. The second-order valence-electron chi connectivity index (χ2n) is 20.5. The van der Waals surface area contributed by atoms with Gasteiger partial charge in [0.15, 0.2) is 5.69 Å². The summed E-state index contributed by atoms with van der Waals surface area (Å²) in [5.41, 5.74) is 19.8. The lowest BCUT2D eigenvalue weighted by Gasteiger charge is -2.46. The Balaban J connectivity index is 1.11. The van der Waals surface area contributed by atoms with E-state index in [-0.39, 0.29) is 0 Å². The first kappa shape index (κ1) is 44.4. The van der Waals surface area contributed by atoms with Gasteiger partial charge in [0, 0.05) is 54.0 Å². The maximum atomic E-state index is 9.79. The van der Waals surface area contributed by atoms with Crippen LogP contribution < -0.4 is 20.2 Å². The number of benzene rings is 10. The second kappa shape index (κ2) is 16.5. The molecule has 0 saturated carbocycles. The molecule has 10 aromatic carbocycles. The number of hydrogen-bond acceptors (Lipinski definition) is 4. The van der Waals surface area contributed by atoms with Crippen molar-refractivity contribution in [1.29, 1.82) is 5.26 Å². The standard InChI is InChI=1S/C67H50N4SSi/c1-41-20-26-49(34-43(41)3)70(47-30-24-46(69-5)25-31-47)51-32-33-52-55-38-62-56(37-60(55)67(59(52)36-51)57-16-10-12-18-64(57)73(6,7)65-19-13-11-17-58(65)67)66-54-15-9-8-14-53(54)61(39-63(66)72-62)71(48-28-22-45(40-68)23-29-48)50-27-21-42(2)44(4)35-50/h8-39H,1-4,6-7H3. The molecule has 0 unspecified atom stereocenters. The normalized spacial score (nSPS) is 13.5. The van der Waals surface area contributed by atoms with Crippen LogP contribution in [0.15, 0.2) is 194 Å². The third kappa shape index (κ3) is 6.54. The first-order chi connectivity index (χ1) is 35.5. The molecule has 2 aliphatic rings. The van der Waals surface area contributed by atoms with E-state index >= 15 is 0 Å². The van der Waals surface area contributed by atoms with E-state index in [0.29, 0.717) is 11.3 Å². The molecule has 0 fully saturated rings. The lowest BCUT2D eigenvalue weighted by molar-refractivity contribution is 0.774. The van der Waals surface area contributed by atoms with E-state index < -0.39 is 13.5 Å². The van der Waals surface area contributed by atoms with Crippen molar-refractivity contribution in [2.24, 2.45) is 0 Å². The Kier molecular flexibility index (Phi) is 10.1. The van der Waals surface area contributed by atoms with Gasteiger partial charge in [-0.05, 0) is 190 Å². The fourth-order valence-electron chi connectivity index (χ4n) is 12.3. The molecule has 4 nitrogen and oxygen atoms in total. The van der Waals surface area contributed by atoms with Gasteiger partial charge in [0.25, 0.3) is 0 Å². The lowest BCUT2D eigenvalue weighted by atomic mass is 9.67. The molecular weight excluding hydrogens is 921 g/mol. The number of nitrogens with zero attached hydrogens (tertiary/aromatic N) is 4. The van der Waals surface area contributed by atoms with Crippen molar-refractivity contribution in [2.45, 2.75) is 46.2 Å². The molecule has 0 radical (unpaired) electrons. The fraction of sp³-hybridized carbons (Fsp3) is 0.104. The zero-order chi connectivity index (χ0) is 49.9. The predicted octanol–water partition coefficient (Wildman–Crippen LogP) is 17.3. The van der Waals surface area contributed by atoms with Gasteiger partial charge in [0.05, 0.1) is 29.3 Å². The summed E-state index contributed by atoms with van der Waals surface area (Å²) in [5.74, 6) is 0. The van der Waals surface area contributed by atoms with Crippen LogP contribution in [0.3, 0.4) is 0 Å². The molecule has 73 heavy (non-hydrogen) atoms. The molecule has 0 atom stereocenters. The molecule has 1 aliphatic heterocycles. The maximum Gasteiger partial charge on any atom is 0.187 e. The summed E-state index contributed by atoms with van der Waals surface area (Å²) in [6.45, 7) is 21.5. The molecule has 0 bridgehead atoms. The SMILES string of the molecule is [C-]#[N+]c1ccc(N(c2ccc(C)c(C)c2)c2ccc3c(c2)C2(c4cc5c(cc4-3)sc3cc(N(c4ccc(C#N)cc4)c4ccc(C)c(C)c4)c4ccccc4c35)c3ccccc3[Si](C)(C)c3ccccc32)cc1. The van der Waals surface area contributed by atoms with Crippen molar-refractivity contribution in [3.05, 3.63) is 256 Å². The van der Waals surface area contributed by atoms with Crippen LogP contribution in [0.2, 0.25) is 13.1 Å². The fourth-order valence-corrected chi connectivity index (χ4v) is 16.7. The Morgan fingerprint density at radius 3 is 1.64 bits per heavy atom. The summed E-state index contributed by atoms with van der Waals surface area (Å²) in [4.78, 5) is 8.48. The minimum absolute atomic E-state index is 0.618. The van der Waals surface area contributed by atoms with Gasteiger partial charge in [0.2, 0.25) is 0 Å². The van der Waals surface area contributed by atoms with Gasteiger partial charge < -0.3 is 9.80 Å². The monoisotopic (exact) mass is 970 g/mol. The number of nitriles is 1. The van der Waals surface area contributed by atoms with Gasteiger partial charge in [-0.2, -0.15) is 5.26 Å². The highest BCUT2D eigenvalue weighted by Crippen LogP contribution is 2.60. The van der Waals surface area contributed by atoms with E-state index in [9.17, 15) is 5.26 Å². The Morgan fingerprint density at radius 1 is 0.479 bits per heavy atom. The van der Waals surface area contributed by atoms with E-state index in [0.717, 1.165) is 39.5 Å². The van der Waals surface area contributed by atoms with Crippen LogP contribution in [0.1, 0.15) is 50.1 Å². The van der Waals surface area contributed by atoms with Gasteiger partial charge in [-0.15, -0.1) is 11.3 Å². The Labute approximate surface area is 432 Å². The zero-order valence-electron chi connectivity index (χ0n) is 41.7. The van der Waals surface area contributed by atoms with Gasteiger partial charge in [-0.3, -0.25) is 0 Å². The molecule has 1 aromatic heterocycles. The zero-order valence-corrected chi connectivity index (χ0v) is 43.5. The average molecular weight is 971 g/mol. The van der Waals surface area contributed by atoms with E-state index in [1.807, 2.05) is 35.6 Å². The summed E-state index contributed by atoms with van der Waals surface area (Å²) in [6, 6.07) is 74.0. The number of rotatable bonds is 6. The molecule has 13 rings (SSSR count). The third-order valence-corrected chi connectivity index (χ3v) is 20.9. The Bertz CT molecular complexity index is 4160. The number of fused-ring (bicyclic) bond motifs is 14. The highest BCUT2D eigenvalue weighted by atomic mass is 32.1. The number of anilines is 6. The van der Waals surface area contributed by atoms with Crippen LogP contribution in [0.25, 0.3) is 46.9 Å². The minimum atomic E-state index is -2.19. The van der Waals surface area contributed by atoms with Crippen LogP contribution in [-0.2, 0) is 5.41 Å². The van der Waals surface area contributed by atoms with E-state index in [2.05, 4.69) is 231 Å². The molecule has 0 N–H and O–H groups in total. The van der Waals surface area contributed by atoms with E-state index in [1.54, 1.807) is 0 Å². The van der Waals surface area contributed by atoms with Crippen LogP contribution in [0.4, 0.5) is 39.8 Å². The minimum Gasteiger partial charge on any atom is -0.311 e. The van der Waals surface area contributed by atoms with Crippen LogP contribution >= 0.6 is 11.3 Å². The van der Waals surface area contributed by atoms with Gasteiger partial charge >= 0.3 is 0 Å². The van der Waals surface area contributed by atoms with Crippen molar-refractivity contribution < 1.29 is 0 Å². The van der Waals surface area contributed by atoms with Crippen molar-refractivity contribution in [3.8, 4) is 17.2 Å². The molecule has 11 aromatic rings. The lowest BCUT2D eigenvalue weighted by Crippen LogP contribution is -2.63. The number of aryl methyl sites for hydroxylation is 4. The Hall–Kier alpha value is -8.52. The summed E-state index contributed by atoms with van der Waals surface area (Å²) < 4.78 is 2.48. The van der Waals surface area contributed by atoms with E-state index in [4.69, 9.17) is 6.57 Å². The third-order valence-electron chi connectivity index (χ3n) is 16.2. The highest BCUT2D eigenvalue weighted by molar-refractivity contribution is 7.26. The summed E-state index contributed by atoms with van der Waals surface area (Å²) in [5, 5.41) is 17.6. The molecule has 348 valence electrons. The van der Waals surface area contributed by atoms with Crippen molar-refractivity contribution in [3.63, 3.8) is 0 Å². The predicted molar refractivity (Wildman–Crippen MR) is 310 cm³/mol. The molecule has 0 amide bonds. The van der Waals surface area contributed by atoms with Gasteiger partial charge in [-0.1, -0.05) is 116 Å². The molecule has 1 aliphatic carbocycles. The number of hydrogen-bond donors (Lipinski definition) is 0. The quantitative estimate of drug-likeness (QED) is 0.123. The highest BCUT2D eigenvalue weighted by Gasteiger charge is 2.54. The summed E-state index contributed by atoms with van der Waals surface area (Å²) in [7, 11) is -2.19. The van der Waals surface area contributed by atoms with Crippen LogP contribution in [-0.4, -0.2) is 8.07 Å². The number of thiophene rings is 1.